The predicted molar refractivity (Wildman–Crippen MR) is 59.9 cm³/mol. The molecule has 2 heterocycles. The fourth-order valence-corrected chi connectivity index (χ4v) is 1.31. The van der Waals surface area contributed by atoms with E-state index in [1.807, 2.05) is 6.07 Å². The van der Waals surface area contributed by atoms with E-state index in [1.54, 1.807) is 19.3 Å². The van der Waals surface area contributed by atoms with Gasteiger partial charge in [0.25, 0.3) is 0 Å². The molecule has 0 atom stereocenters. The summed E-state index contributed by atoms with van der Waals surface area (Å²) in [6, 6.07) is 1.83. The molecule has 6 nitrogen and oxygen atoms in total. The van der Waals surface area contributed by atoms with Crippen LogP contribution in [0.5, 0.6) is 0 Å². The summed E-state index contributed by atoms with van der Waals surface area (Å²) in [5, 5.41) is 6.89. The summed E-state index contributed by atoms with van der Waals surface area (Å²) in [6.07, 6.45) is 3.97. The zero-order valence-electron chi connectivity index (χ0n) is 8.97. The van der Waals surface area contributed by atoms with Crippen molar-refractivity contribution in [2.24, 2.45) is 0 Å². The van der Waals surface area contributed by atoms with Crippen molar-refractivity contribution in [3.05, 3.63) is 30.2 Å². The van der Waals surface area contributed by atoms with Crippen LogP contribution in [0.3, 0.4) is 0 Å². The van der Waals surface area contributed by atoms with Gasteiger partial charge in [-0.05, 0) is 13.0 Å². The Kier molecular flexibility index (Phi) is 3.00. The SMILES string of the molecule is Cc1noc(CCNc2ccncc2N)n1. The van der Waals surface area contributed by atoms with Crippen molar-refractivity contribution in [1.82, 2.24) is 15.1 Å². The second-order valence-electron chi connectivity index (χ2n) is 3.38. The van der Waals surface area contributed by atoms with Gasteiger partial charge in [-0.25, -0.2) is 0 Å². The highest BCUT2D eigenvalue weighted by Gasteiger charge is 2.02. The maximum atomic E-state index is 5.73. The molecule has 6 heteroatoms. The number of pyridine rings is 1. The van der Waals surface area contributed by atoms with E-state index < -0.39 is 0 Å². The average molecular weight is 219 g/mol. The summed E-state index contributed by atoms with van der Waals surface area (Å²) in [5.74, 6) is 1.27. The van der Waals surface area contributed by atoms with Crippen LogP contribution in [0.4, 0.5) is 11.4 Å². The van der Waals surface area contributed by atoms with Crippen LogP contribution >= 0.6 is 0 Å². The van der Waals surface area contributed by atoms with Crippen molar-refractivity contribution in [1.29, 1.82) is 0 Å². The first kappa shape index (κ1) is 10.4. The number of nitrogens with two attached hydrogens (primary N) is 1. The van der Waals surface area contributed by atoms with Crippen molar-refractivity contribution in [3.63, 3.8) is 0 Å². The molecule has 0 aliphatic heterocycles. The van der Waals surface area contributed by atoms with Gasteiger partial charge in [0.05, 0.1) is 17.6 Å². The Morgan fingerprint density at radius 1 is 1.50 bits per heavy atom. The van der Waals surface area contributed by atoms with Gasteiger partial charge in [0.1, 0.15) is 0 Å². The van der Waals surface area contributed by atoms with Crippen LogP contribution in [-0.2, 0) is 6.42 Å². The first-order chi connectivity index (χ1) is 7.75. The van der Waals surface area contributed by atoms with E-state index in [0.29, 0.717) is 30.4 Å². The fourth-order valence-electron chi connectivity index (χ4n) is 1.31. The minimum atomic E-state index is 0.623. The normalized spacial score (nSPS) is 10.3. The van der Waals surface area contributed by atoms with Gasteiger partial charge in [-0.15, -0.1) is 0 Å². The van der Waals surface area contributed by atoms with Crippen molar-refractivity contribution in [3.8, 4) is 0 Å². The van der Waals surface area contributed by atoms with Crippen LogP contribution in [0.25, 0.3) is 0 Å². The lowest BCUT2D eigenvalue weighted by atomic mass is 10.3. The predicted octanol–water partition coefficient (Wildman–Crippen LogP) is 1.01. The summed E-state index contributed by atoms with van der Waals surface area (Å²) in [7, 11) is 0. The highest BCUT2D eigenvalue weighted by Crippen LogP contribution is 2.14. The summed E-state index contributed by atoms with van der Waals surface area (Å²) in [5.41, 5.74) is 7.22. The Morgan fingerprint density at radius 3 is 3.06 bits per heavy atom. The van der Waals surface area contributed by atoms with Crippen molar-refractivity contribution in [2.45, 2.75) is 13.3 Å². The molecule has 0 amide bonds. The van der Waals surface area contributed by atoms with Crippen molar-refractivity contribution >= 4 is 11.4 Å². The molecule has 84 valence electrons. The van der Waals surface area contributed by atoms with Crippen LogP contribution in [-0.4, -0.2) is 21.7 Å². The molecule has 0 aliphatic rings. The first-order valence-corrected chi connectivity index (χ1v) is 4.98. The second kappa shape index (κ2) is 4.61. The Hall–Kier alpha value is -2.11. The maximum Gasteiger partial charge on any atom is 0.228 e. The standard InChI is InChI=1S/C10H13N5O/c1-7-14-10(16-15-7)3-5-13-9-2-4-12-6-8(9)11/h2,4,6H,3,5,11H2,1H3,(H,12,13). The second-order valence-corrected chi connectivity index (χ2v) is 3.38. The maximum absolute atomic E-state index is 5.73. The minimum absolute atomic E-state index is 0.623. The number of anilines is 2. The number of nitrogen functional groups attached to an aromatic ring is 1. The third kappa shape index (κ3) is 2.47. The van der Waals surface area contributed by atoms with Gasteiger partial charge in [-0.1, -0.05) is 5.16 Å². The van der Waals surface area contributed by atoms with Crippen LogP contribution in [0.1, 0.15) is 11.7 Å². The van der Waals surface area contributed by atoms with E-state index in [0.717, 1.165) is 5.69 Å². The molecule has 0 fully saturated rings. The molecule has 0 spiro atoms. The molecule has 0 radical (unpaired) electrons. The number of aryl methyl sites for hydroxylation is 1. The lowest BCUT2D eigenvalue weighted by molar-refractivity contribution is 0.377. The third-order valence-electron chi connectivity index (χ3n) is 2.08. The Bertz CT molecular complexity index is 468. The minimum Gasteiger partial charge on any atom is -0.396 e. The Morgan fingerprint density at radius 2 is 2.38 bits per heavy atom. The lowest BCUT2D eigenvalue weighted by Crippen LogP contribution is -2.07. The topological polar surface area (TPSA) is 89.9 Å². The van der Waals surface area contributed by atoms with Crippen LogP contribution < -0.4 is 11.1 Å². The molecule has 0 aromatic carbocycles. The van der Waals surface area contributed by atoms with Crippen LogP contribution in [0.15, 0.2) is 23.0 Å². The number of rotatable bonds is 4. The molecule has 2 rings (SSSR count). The first-order valence-electron chi connectivity index (χ1n) is 4.98. The number of hydrogen-bond donors (Lipinski definition) is 2. The fraction of sp³-hybridized carbons (Fsp3) is 0.300. The summed E-state index contributed by atoms with van der Waals surface area (Å²) in [6.45, 7) is 2.48. The van der Waals surface area contributed by atoms with Gasteiger partial charge < -0.3 is 15.6 Å². The monoisotopic (exact) mass is 219 g/mol. The molecule has 0 unspecified atom stereocenters. The molecular weight excluding hydrogens is 206 g/mol. The smallest absolute Gasteiger partial charge is 0.228 e. The van der Waals surface area contributed by atoms with E-state index in [1.165, 1.54) is 0 Å². The Labute approximate surface area is 92.9 Å². The molecular formula is C10H13N5O. The van der Waals surface area contributed by atoms with E-state index in [-0.39, 0.29) is 0 Å². The van der Waals surface area contributed by atoms with Gasteiger partial charge >= 0.3 is 0 Å². The largest absolute Gasteiger partial charge is 0.396 e. The van der Waals surface area contributed by atoms with Gasteiger partial charge in [0.15, 0.2) is 5.82 Å². The van der Waals surface area contributed by atoms with Gasteiger partial charge in [0, 0.05) is 19.2 Å². The summed E-state index contributed by atoms with van der Waals surface area (Å²) in [4.78, 5) is 8.01. The summed E-state index contributed by atoms with van der Waals surface area (Å²) < 4.78 is 4.99. The number of aromatic nitrogens is 3. The van der Waals surface area contributed by atoms with Crippen molar-refractivity contribution < 1.29 is 4.52 Å². The van der Waals surface area contributed by atoms with Crippen molar-refractivity contribution in [2.75, 3.05) is 17.6 Å². The lowest BCUT2D eigenvalue weighted by Gasteiger charge is -2.06. The summed E-state index contributed by atoms with van der Waals surface area (Å²) >= 11 is 0. The zero-order chi connectivity index (χ0) is 11.4. The molecule has 0 bridgehead atoms. The van der Waals surface area contributed by atoms with Crippen LogP contribution in [0, 0.1) is 6.92 Å². The average Bonchev–Trinajstić information content (AvgIpc) is 2.67. The molecule has 0 aliphatic carbocycles. The molecule has 0 saturated heterocycles. The third-order valence-corrected chi connectivity index (χ3v) is 2.08. The Balaban J connectivity index is 1.87. The number of nitrogens with one attached hydrogen (secondary N) is 1. The zero-order valence-corrected chi connectivity index (χ0v) is 8.97. The highest BCUT2D eigenvalue weighted by molar-refractivity contribution is 5.64. The van der Waals surface area contributed by atoms with E-state index >= 15 is 0 Å². The number of hydrogen-bond acceptors (Lipinski definition) is 6. The van der Waals surface area contributed by atoms with Gasteiger partial charge in [-0.2, -0.15) is 4.98 Å². The number of nitrogens with zero attached hydrogens (tertiary/aromatic N) is 3. The molecule has 16 heavy (non-hydrogen) atoms. The molecule has 3 N–H and O–H groups in total. The highest BCUT2D eigenvalue weighted by atomic mass is 16.5. The quantitative estimate of drug-likeness (QED) is 0.797. The van der Waals surface area contributed by atoms with E-state index in [9.17, 15) is 0 Å². The molecule has 2 aromatic rings. The molecule has 2 aromatic heterocycles. The van der Waals surface area contributed by atoms with E-state index in [2.05, 4.69) is 20.4 Å². The van der Waals surface area contributed by atoms with E-state index in [4.69, 9.17) is 10.3 Å². The van der Waals surface area contributed by atoms with Crippen LogP contribution in [0.2, 0.25) is 0 Å². The molecule has 0 saturated carbocycles. The van der Waals surface area contributed by atoms with Gasteiger partial charge in [0.2, 0.25) is 5.89 Å². The van der Waals surface area contributed by atoms with Gasteiger partial charge in [-0.3, -0.25) is 4.98 Å².